The third-order valence-electron chi connectivity index (χ3n) is 4.93. The SMILES string of the molecule is CNC(=O)c1c(-c2ccc(F)cc2)oc2cc(N(C)S(C)(=O)=O)c(Oc3nc(CCl)ns3)cc12. The molecule has 0 radical (unpaired) electrons. The predicted octanol–water partition coefficient (Wildman–Crippen LogP) is 4.38. The number of ether oxygens (including phenoxy) is 1. The van der Waals surface area contributed by atoms with Crippen molar-refractivity contribution in [3.05, 3.63) is 53.6 Å². The molecule has 0 atom stereocenters. The van der Waals surface area contributed by atoms with E-state index in [9.17, 15) is 17.6 Å². The van der Waals surface area contributed by atoms with Crippen molar-refractivity contribution in [2.45, 2.75) is 5.88 Å². The molecule has 0 aliphatic heterocycles. The van der Waals surface area contributed by atoms with E-state index in [0.29, 0.717) is 16.8 Å². The third kappa shape index (κ3) is 4.56. The molecule has 4 rings (SSSR count). The van der Waals surface area contributed by atoms with Crippen LogP contribution in [0.3, 0.4) is 0 Å². The maximum Gasteiger partial charge on any atom is 0.298 e. The van der Waals surface area contributed by atoms with E-state index in [1.165, 1.54) is 50.5 Å². The van der Waals surface area contributed by atoms with E-state index in [-0.39, 0.29) is 39.4 Å². The van der Waals surface area contributed by atoms with Gasteiger partial charge in [-0.05, 0) is 30.3 Å². The van der Waals surface area contributed by atoms with Crippen LogP contribution in [0.4, 0.5) is 10.1 Å². The summed E-state index contributed by atoms with van der Waals surface area (Å²) in [7, 11) is -0.859. The minimum absolute atomic E-state index is 0.0819. The number of aromatic nitrogens is 2. The minimum Gasteiger partial charge on any atom is -0.455 e. The van der Waals surface area contributed by atoms with Gasteiger partial charge in [0.15, 0.2) is 11.6 Å². The molecule has 9 nitrogen and oxygen atoms in total. The zero-order valence-corrected chi connectivity index (χ0v) is 20.5. The highest BCUT2D eigenvalue weighted by molar-refractivity contribution is 7.92. The normalized spacial score (nSPS) is 11.6. The van der Waals surface area contributed by atoms with Gasteiger partial charge in [-0.3, -0.25) is 9.10 Å². The molecule has 1 N–H and O–H groups in total. The summed E-state index contributed by atoms with van der Waals surface area (Å²) in [6.07, 6.45) is 1.04. The van der Waals surface area contributed by atoms with Gasteiger partial charge < -0.3 is 14.5 Å². The Morgan fingerprint density at radius 3 is 2.59 bits per heavy atom. The standard InChI is InChI=1S/C21H18ClFN4O5S2/c1-24-20(28)18-13-8-16(32-21-25-17(10-22)26-33-21)14(27(2)34(3,29)30)9-15(13)31-19(18)11-4-6-12(23)7-5-11/h4-9H,10H2,1-3H3,(H,24,28). The van der Waals surface area contributed by atoms with E-state index < -0.39 is 21.7 Å². The van der Waals surface area contributed by atoms with Crippen molar-refractivity contribution >= 4 is 55.7 Å². The van der Waals surface area contributed by atoms with Crippen LogP contribution in [-0.2, 0) is 15.9 Å². The van der Waals surface area contributed by atoms with Gasteiger partial charge in [-0.1, -0.05) is 0 Å². The molecule has 13 heteroatoms. The molecule has 0 spiro atoms. The van der Waals surface area contributed by atoms with Crippen LogP contribution >= 0.6 is 23.1 Å². The Hall–Kier alpha value is -3.22. The number of alkyl halides is 1. The Labute approximate surface area is 203 Å². The van der Waals surface area contributed by atoms with Gasteiger partial charge in [0.2, 0.25) is 10.0 Å². The number of benzene rings is 2. The zero-order chi connectivity index (χ0) is 24.6. The second-order valence-electron chi connectivity index (χ2n) is 7.15. The monoisotopic (exact) mass is 524 g/mol. The first kappa shape index (κ1) is 23.9. The highest BCUT2D eigenvalue weighted by atomic mass is 35.5. The number of sulfonamides is 1. The lowest BCUT2D eigenvalue weighted by atomic mass is 10.0. The van der Waals surface area contributed by atoms with Crippen LogP contribution in [0.2, 0.25) is 0 Å². The molecule has 34 heavy (non-hydrogen) atoms. The summed E-state index contributed by atoms with van der Waals surface area (Å²) < 4.78 is 55.0. The molecule has 0 unspecified atom stereocenters. The Kier molecular flexibility index (Phi) is 6.47. The predicted molar refractivity (Wildman–Crippen MR) is 128 cm³/mol. The van der Waals surface area contributed by atoms with Gasteiger partial charge in [0.25, 0.3) is 11.1 Å². The quantitative estimate of drug-likeness (QED) is 0.357. The van der Waals surface area contributed by atoms with Crippen LogP contribution in [0.15, 0.2) is 40.8 Å². The molecule has 0 aliphatic rings. The zero-order valence-electron chi connectivity index (χ0n) is 18.1. The Bertz CT molecular complexity index is 1490. The summed E-state index contributed by atoms with van der Waals surface area (Å²) in [5.41, 5.74) is 1.03. The average Bonchev–Trinajstić information content (AvgIpc) is 3.41. The summed E-state index contributed by atoms with van der Waals surface area (Å²) in [5.74, 6) is -0.155. The van der Waals surface area contributed by atoms with E-state index in [2.05, 4.69) is 14.7 Å². The Morgan fingerprint density at radius 2 is 2.00 bits per heavy atom. The van der Waals surface area contributed by atoms with Crippen LogP contribution in [0.25, 0.3) is 22.3 Å². The Balaban J connectivity index is 1.97. The number of nitrogens with one attached hydrogen (secondary N) is 1. The number of hydrogen-bond acceptors (Lipinski definition) is 8. The largest absolute Gasteiger partial charge is 0.455 e. The minimum atomic E-state index is -3.68. The molecule has 2 aromatic heterocycles. The van der Waals surface area contributed by atoms with Gasteiger partial charge >= 0.3 is 0 Å². The van der Waals surface area contributed by atoms with Crippen molar-refractivity contribution in [2.24, 2.45) is 0 Å². The third-order valence-corrected chi connectivity index (χ3v) is 7.00. The van der Waals surface area contributed by atoms with E-state index >= 15 is 0 Å². The van der Waals surface area contributed by atoms with E-state index in [4.69, 9.17) is 20.8 Å². The van der Waals surface area contributed by atoms with Crippen LogP contribution < -0.4 is 14.4 Å². The summed E-state index contributed by atoms with van der Waals surface area (Å²) in [6.45, 7) is 0. The number of furan rings is 1. The number of anilines is 1. The second kappa shape index (κ2) is 9.20. The molecule has 0 saturated heterocycles. The Morgan fingerprint density at radius 1 is 1.29 bits per heavy atom. The molecule has 1 amide bonds. The average molecular weight is 525 g/mol. The molecule has 2 heterocycles. The number of halogens is 2. The molecule has 0 fully saturated rings. The molecule has 178 valence electrons. The highest BCUT2D eigenvalue weighted by Gasteiger charge is 2.26. The van der Waals surface area contributed by atoms with Crippen LogP contribution in [-0.4, -0.2) is 44.0 Å². The molecule has 0 saturated carbocycles. The number of fused-ring (bicyclic) bond motifs is 1. The molecule has 0 aliphatic carbocycles. The van der Waals surface area contributed by atoms with Crippen molar-refractivity contribution in [2.75, 3.05) is 24.7 Å². The van der Waals surface area contributed by atoms with Gasteiger partial charge in [-0.25, -0.2) is 12.8 Å². The maximum atomic E-state index is 13.5. The van der Waals surface area contributed by atoms with E-state index in [0.717, 1.165) is 22.1 Å². The van der Waals surface area contributed by atoms with Gasteiger partial charge in [0.05, 0.1) is 23.4 Å². The first-order valence-electron chi connectivity index (χ1n) is 9.71. The first-order chi connectivity index (χ1) is 16.1. The number of carbonyl (C=O) groups excluding carboxylic acids is 1. The first-order valence-corrected chi connectivity index (χ1v) is 12.9. The van der Waals surface area contributed by atoms with Crippen molar-refractivity contribution < 1.29 is 26.8 Å². The van der Waals surface area contributed by atoms with Crippen LogP contribution in [0, 0.1) is 5.82 Å². The molecule has 2 aromatic carbocycles. The lowest BCUT2D eigenvalue weighted by molar-refractivity contribution is 0.0964. The smallest absolute Gasteiger partial charge is 0.298 e. The highest BCUT2D eigenvalue weighted by Crippen LogP contribution is 2.42. The number of rotatable bonds is 7. The fourth-order valence-corrected chi connectivity index (χ4v) is 4.45. The van der Waals surface area contributed by atoms with Crippen LogP contribution in [0.5, 0.6) is 10.9 Å². The number of nitrogens with zero attached hydrogens (tertiary/aromatic N) is 3. The summed E-state index contributed by atoms with van der Waals surface area (Å²) in [4.78, 5) is 17.0. The van der Waals surface area contributed by atoms with Crippen molar-refractivity contribution in [3.63, 3.8) is 0 Å². The van der Waals surface area contributed by atoms with Crippen molar-refractivity contribution in [1.82, 2.24) is 14.7 Å². The number of amides is 1. The summed E-state index contributed by atoms with van der Waals surface area (Å²) in [5, 5.41) is 3.07. The van der Waals surface area contributed by atoms with Crippen LogP contribution in [0.1, 0.15) is 16.2 Å². The molecular weight excluding hydrogens is 507 g/mol. The lowest BCUT2D eigenvalue weighted by Crippen LogP contribution is -2.25. The fourth-order valence-electron chi connectivity index (χ4n) is 3.20. The van der Waals surface area contributed by atoms with Gasteiger partial charge in [0, 0.05) is 42.6 Å². The van der Waals surface area contributed by atoms with Crippen molar-refractivity contribution in [1.29, 1.82) is 0 Å². The number of carbonyl (C=O) groups is 1. The molecular formula is C21H18ClFN4O5S2. The second-order valence-corrected chi connectivity index (χ2v) is 10.1. The van der Waals surface area contributed by atoms with E-state index in [1.807, 2.05) is 0 Å². The fraction of sp³-hybridized carbons (Fsp3) is 0.190. The summed E-state index contributed by atoms with van der Waals surface area (Å²) in [6, 6.07) is 8.41. The molecule has 0 bridgehead atoms. The maximum absolute atomic E-state index is 13.5. The van der Waals surface area contributed by atoms with Gasteiger partial charge in [0.1, 0.15) is 17.2 Å². The molecule has 4 aromatic rings. The van der Waals surface area contributed by atoms with Crippen molar-refractivity contribution in [3.8, 4) is 22.3 Å². The summed E-state index contributed by atoms with van der Waals surface area (Å²) >= 11 is 6.71. The number of hydrogen-bond donors (Lipinski definition) is 1. The topological polar surface area (TPSA) is 115 Å². The van der Waals surface area contributed by atoms with E-state index in [1.54, 1.807) is 0 Å². The van der Waals surface area contributed by atoms with Gasteiger partial charge in [-0.2, -0.15) is 9.36 Å². The lowest BCUT2D eigenvalue weighted by Gasteiger charge is -2.19. The van der Waals surface area contributed by atoms with Gasteiger partial charge in [-0.15, -0.1) is 11.6 Å².